The van der Waals surface area contributed by atoms with Gasteiger partial charge in [0.25, 0.3) is 0 Å². The van der Waals surface area contributed by atoms with Crippen molar-refractivity contribution in [2.24, 2.45) is 0 Å². The Hall–Kier alpha value is -1.79. The Kier molecular flexibility index (Phi) is 4.74. The van der Waals surface area contributed by atoms with E-state index in [9.17, 15) is 22.4 Å². The van der Waals surface area contributed by atoms with Crippen LogP contribution in [0.5, 0.6) is 0 Å². The Morgan fingerprint density at radius 1 is 1.42 bits per heavy atom. The number of carbonyl (C=O) groups is 1. The highest BCUT2D eigenvalue weighted by molar-refractivity contribution is 5.78. The maximum absolute atomic E-state index is 13.5. The van der Waals surface area contributed by atoms with E-state index in [1.807, 2.05) is 0 Å². The Bertz CT molecular complexity index is 460. The van der Waals surface area contributed by atoms with E-state index in [-0.39, 0.29) is 12.3 Å². The van der Waals surface area contributed by atoms with Crippen LogP contribution in [0.15, 0.2) is 18.2 Å². The van der Waals surface area contributed by atoms with Gasteiger partial charge in [0.05, 0.1) is 17.9 Å². The Labute approximate surface area is 107 Å². The number of benzene rings is 1. The van der Waals surface area contributed by atoms with Crippen molar-refractivity contribution in [3.8, 4) is 0 Å². The van der Waals surface area contributed by atoms with E-state index in [1.54, 1.807) is 6.92 Å². The summed E-state index contributed by atoms with van der Waals surface area (Å²) in [5.74, 6) is -1.69. The first-order valence-corrected chi connectivity index (χ1v) is 5.55. The lowest BCUT2D eigenvalue weighted by Crippen LogP contribution is -2.28. The third-order valence-corrected chi connectivity index (χ3v) is 2.31. The molecule has 0 bridgehead atoms. The predicted molar refractivity (Wildman–Crippen MR) is 61.1 cm³/mol. The molecule has 106 valence electrons. The minimum absolute atomic E-state index is 0.167. The van der Waals surface area contributed by atoms with Crippen molar-refractivity contribution in [3.63, 3.8) is 0 Å². The highest BCUT2D eigenvalue weighted by Crippen LogP contribution is 2.31. The molecule has 1 N–H and O–H groups in total. The van der Waals surface area contributed by atoms with Gasteiger partial charge in [-0.3, -0.25) is 0 Å². The lowest BCUT2D eigenvalue weighted by atomic mass is 10.2. The molecule has 1 atom stereocenters. The minimum Gasteiger partial charge on any atom is -0.464 e. The molecule has 0 fully saturated rings. The van der Waals surface area contributed by atoms with Crippen LogP contribution in [-0.4, -0.2) is 18.6 Å². The van der Waals surface area contributed by atoms with Gasteiger partial charge in [-0.25, -0.2) is 9.18 Å². The molecule has 0 radical (unpaired) electrons. The topological polar surface area (TPSA) is 38.3 Å². The van der Waals surface area contributed by atoms with Crippen LogP contribution in [0.25, 0.3) is 0 Å². The molecule has 0 aliphatic carbocycles. The molecule has 0 saturated heterocycles. The molecule has 1 rings (SSSR count). The number of carbonyl (C=O) groups excluding carboxylic acids is 1. The van der Waals surface area contributed by atoms with Gasteiger partial charge in [-0.05, 0) is 32.0 Å². The molecule has 0 heterocycles. The van der Waals surface area contributed by atoms with Gasteiger partial charge in [0.2, 0.25) is 0 Å². The van der Waals surface area contributed by atoms with Crippen LogP contribution in [0.4, 0.5) is 23.2 Å². The largest absolute Gasteiger partial charge is 0.464 e. The van der Waals surface area contributed by atoms with Gasteiger partial charge in [0.15, 0.2) is 0 Å². The molecule has 0 aliphatic rings. The highest BCUT2D eigenvalue weighted by Gasteiger charge is 2.31. The summed E-state index contributed by atoms with van der Waals surface area (Å²) < 4.78 is 55.2. The van der Waals surface area contributed by atoms with Gasteiger partial charge < -0.3 is 10.1 Å². The van der Waals surface area contributed by atoms with E-state index in [2.05, 4.69) is 10.1 Å². The molecule has 0 aliphatic heterocycles. The van der Waals surface area contributed by atoms with Crippen LogP contribution in [0.2, 0.25) is 0 Å². The normalized spacial score (nSPS) is 12.9. The Morgan fingerprint density at radius 3 is 2.53 bits per heavy atom. The molecule has 7 heteroatoms. The second-order valence-corrected chi connectivity index (χ2v) is 3.81. The van der Waals surface area contributed by atoms with Crippen LogP contribution in [0.1, 0.15) is 19.4 Å². The third-order valence-electron chi connectivity index (χ3n) is 2.31. The molecule has 1 aromatic carbocycles. The third kappa shape index (κ3) is 4.11. The van der Waals surface area contributed by atoms with Crippen LogP contribution in [-0.2, 0) is 15.7 Å². The predicted octanol–water partition coefficient (Wildman–Crippen LogP) is 3.21. The number of hydrogen-bond acceptors (Lipinski definition) is 3. The maximum Gasteiger partial charge on any atom is 0.416 e. The summed E-state index contributed by atoms with van der Waals surface area (Å²) in [7, 11) is 0. The lowest BCUT2D eigenvalue weighted by Gasteiger charge is -2.15. The molecule has 0 saturated carbocycles. The molecule has 1 unspecified atom stereocenters. The van der Waals surface area contributed by atoms with Crippen LogP contribution in [0.3, 0.4) is 0 Å². The lowest BCUT2D eigenvalue weighted by molar-refractivity contribution is -0.143. The number of alkyl halides is 3. The number of nitrogens with one attached hydrogen (secondary N) is 1. The van der Waals surface area contributed by atoms with Crippen LogP contribution >= 0.6 is 0 Å². The van der Waals surface area contributed by atoms with E-state index in [4.69, 9.17) is 0 Å². The van der Waals surface area contributed by atoms with Crippen LogP contribution < -0.4 is 5.32 Å². The van der Waals surface area contributed by atoms with Crippen molar-refractivity contribution in [3.05, 3.63) is 29.6 Å². The molecule has 19 heavy (non-hydrogen) atoms. The van der Waals surface area contributed by atoms with Gasteiger partial charge in [0.1, 0.15) is 11.9 Å². The smallest absolute Gasteiger partial charge is 0.416 e. The average Bonchev–Trinajstić information content (AvgIpc) is 2.30. The summed E-state index contributed by atoms with van der Waals surface area (Å²) in [6, 6.07) is 1.20. The summed E-state index contributed by atoms with van der Waals surface area (Å²) in [6.45, 7) is 3.21. The highest BCUT2D eigenvalue weighted by atomic mass is 19.4. The second kappa shape index (κ2) is 5.90. The number of hydrogen-bond donors (Lipinski definition) is 1. The van der Waals surface area contributed by atoms with Gasteiger partial charge in [-0.15, -0.1) is 0 Å². The number of anilines is 1. The fourth-order valence-electron chi connectivity index (χ4n) is 1.37. The number of rotatable bonds is 4. The number of halogens is 4. The van der Waals surface area contributed by atoms with E-state index >= 15 is 0 Å². The molecule has 1 aromatic rings. The Morgan fingerprint density at radius 2 is 2.05 bits per heavy atom. The zero-order chi connectivity index (χ0) is 14.6. The fraction of sp³-hybridized carbons (Fsp3) is 0.417. The second-order valence-electron chi connectivity index (χ2n) is 3.81. The molecule has 0 aromatic heterocycles. The van der Waals surface area contributed by atoms with Crippen molar-refractivity contribution >= 4 is 11.7 Å². The maximum atomic E-state index is 13.5. The van der Waals surface area contributed by atoms with Gasteiger partial charge in [-0.2, -0.15) is 13.2 Å². The van der Waals surface area contributed by atoms with Gasteiger partial charge in [-0.1, -0.05) is 0 Å². The zero-order valence-electron chi connectivity index (χ0n) is 10.3. The van der Waals surface area contributed by atoms with Crippen molar-refractivity contribution in [2.45, 2.75) is 26.1 Å². The molecule has 0 amide bonds. The molecule has 0 spiro atoms. The van der Waals surface area contributed by atoms with E-state index in [0.717, 1.165) is 12.1 Å². The van der Waals surface area contributed by atoms with Crippen molar-refractivity contribution in [1.29, 1.82) is 0 Å². The molecular weight excluding hydrogens is 266 g/mol. The van der Waals surface area contributed by atoms with E-state index < -0.39 is 29.6 Å². The fourth-order valence-corrected chi connectivity index (χ4v) is 1.37. The van der Waals surface area contributed by atoms with E-state index in [1.165, 1.54) is 6.92 Å². The summed E-state index contributed by atoms with van der Waals surface area (Å²) >= 11 is 0. The standard InChI is InChI=1S/C12H13F4NO2/c1-3-19-11(18)7(2)17-10-5-4-8(6-9(10)13)12(14,15)16/h4-7,17H,3H2,1-2H3. The van der Waals surface area contributed by atoms with Gasteiger partial charge in [0, 0.05) is 0 Å². The number of ether oxygens (including phenoxy) is 1. The first-order valence-electron chi connectivity index (χ1n) is 5.55. The first-order chi connectivity index (χ1) is 8.75. The van der Waals surface area contributed by atoms with Crippen molar-refractivity contribution in [1.82, 2.24) is 0 Å². The monoisotopic (exact) mass is 279 g/mol. The molecular formula is C12H13F4NO2. The van der Waals surface area contributed by atoms with E-state index in [0.29, 0.717) is 6.07 Å². The van der Waals surface area contributed by atoms with Crippen LogP contribution in [0, 0.1) is 5.82 Å². The number of esters is 1. The quantitative estimate of drug-likeness (QED) is 0.679. The summed E-state index contributed by atoms with van der Waals surface area (Å²) in [6.07, 6.45) is -4.61. The average molecular weight is 279 g/mol. The molecule has 3 nitrogen and oxygen atoms in total. The summed E-state index contributed by atoms with van der Waals surface area (Å²) in [5.41, 5.74) is -1.27. The SMILES string of the molecule is CCOC(=O)C(C)Nc1ccc(C(F)(F)F)cc1F. The summed E-state index contributed by atoms with van der Waals surface area (Å²) in [5, 5.41) is 2.46. The Balaban J connectivity index is 2.83. The summed E-state index contributed by atoms with van der Waals surface area (Å²) in [4.78, 5) is 11.3. The van der Waals surface area contributed by atoms with Crippen molar-refractivity contribution < 1.29 is 27.1 Å². The minimum atomic E-state index is -4.61. The first kappa shape index (κ1) is 15.3. The van der Waals surface area contributed by atoms with Gasteiger partial charge >= 0.3 is 12.1 Å². The zero-order valence-corrected chi connectivity index (χ0v) is 10.3. The van der Waals surface area contributed by atoms with Crippen molar-refractivity contribution in [2.75, 3.05) is 11.9 Å².